The van der Waals surface area contributed by atoms with Crippen molar-refractivity contribution in [3.63, 3.8) is 0 Å². The van der Waals surface area contributed by atoms with E-state index < -0.39 is 0 Å². The molecule has 17 heavy (non-hydrogen) atoms. The van der Waals surface area contributed by atoms with Crippen molar-refractivity contribution in [1.29, 1.82) is 0 Å². The number of allylic oxidation sites excluding steroid dienone is 3. The molecule has 4 rings (SSSR count). The fraction of sp³-hybridized carbons (Fsp3) is 0.375. The summed E-state index contributed by atoms with van der Waals surface area (Å²) in [6.07, 6.45) is 17.5. The second-order valence-electron chi connectivity index (χ2n) is 5.43. The van der Waals surface area contributed by atoms with Gasteiger partial charge in [-0.2, -0.15) is 0 Å². The molecule has 0 aromatic carbocycles. The van der Waals surface area contributed by atoms with Crippen LogP contribution >= 0.6 is 0 Å². The van der Waals surface area contributed by atoms with Crippen LogP contribution in [0.3, 0.4) is 0 Å². The lowest BCUT2D eigenvalue weighted by Crippen LogP contribution is -2.28. The van der Waals surface area contributed by atoms with Crippen LogP contribution in [0, 0.1) is 5.92 Å². The van der Waals surface area contributed by atoms with Gasteiger partial charge in [-0.05, 0) is 48.8 Å². The number of rotatable bonds is 0. The van der Waals surface area contributed by atoms with Gasteiger partial charge in [-0.1, -0.05) is 24.3 Å². The molecule has 0 radical (unpaired) electrons. The Kier molecular flexibility index (Phi) is 1.82. The molecule has 1 fully saturated rings. The van der Waals surface area contributed by atoms with Crippen molar-refractivity contribution in [3.8, 4) is 0 Å². The van der Waals surface area contributed by atoms with Crippen molar-refractivity contribution in [2.75, 3.05) is 0 Å². The maximum absolute atomic E-state index is 2.41. The topological polar surface area (TPSA) is 4.93 Å². The lowest BCUT2D eigenvalue weighted by molar-refractivity contribution is 0.824. The van der Waals surface area contributed by atoms with Crippen molar-refractivity contribution in [2.24, 2.45) is 13.0 Å². The monoisotopic (exact) mass is 223 g/mol. The van der Waals surface area contributed by atoms with Crippen LogP contribution in [0.5, 0.6) is 0 Å². The molecule has 3 aliphatic rings. The highest BCUT2D eigenvalue weighted by Gasteiger charge is 2.41. The number of nitrogens with zero attached hydrogens (tertiary/aromatic N) is 1. The average Bonchev–Trinajstić information content (AvgIpc) is 3.07. The van der Waals surface area contributed by atoms with Gasteiger partial charge in [0, 0.05) is 23.3 Å². The number of hydrogen-bond acceptors (Lipinski definition) is 0. The standard InChI is InChI=1S/C16H17N/c1-17-14-8-4-2-3-7-12(14)16-13-10-11(13)6-5-9-15(16)17/h2,4-5,7-9,11,13H,3,6,10H2,1H3. The van der Waals surface area contributed by atoms with Gasteiger partial charge in [0.25, 0.3) is 0 Å². The molecule has 3 aliphatic carbocycles. The second kappa shape index (κ2) is 3.25. The Morgan fingerprint density at radius 1 is 1.29 bits per heavy atom. The van der Waals surface area contributed by atoms with Crippen LogP contribution < -0.4 is 10.6 Å². The third-order valence-corrected chi connectivity index (χ3v) is 4.42. The summed E-state index contributed by atoms with van der Waals surface area (Å²) >= 11 is 0. The smallest absolute Gasteiger partial charge is 0.0482 e. The first kappa shape index (κ1) is 9.52. The molecule has 1 nitrogen and oxygen atoms in total. The molecule has 1 aromatic heterocycles. The summed E-state index contributed by atoms with van der Waals surface area (Å²) in [5.41, 5.74) is 3.07. The molecule has 1 saturated carbocycles. The van der Waals surface area contributed by atoms with Gasteiger partial charge >= 0.3 is 0 Å². The quantitative estimate of drug-likeness (QED) is 0.634. The minimum atomic E-state index is 0.831. The molecular weight excluding hydrogens is 206 g/mol. The molecule has 1 heteroatoms. The predicted octanol–water partition coefficient (Wildman–Crippen LogP) is 2.07. The number of fused-ring (bicyclic) bond motifs is 5. The molecule has 0 bridgehead atoms. The van der Waals surface area contributed by atoms with Crippen LogP contribution in [-0.4, -0.2) is 4.57 Å². The average molecular weight is 223 g/mol. The Morgan fingerprint density at radius 2 is 2.24 bits per heavy atom. The molecule has 1 heterocycles. The summed E-state index contributed by atoms with van der Waals surface area (Å²) in [7, 11) is 2.20. The van der Waals surface area contributed by atoms with Crippen molar-refractivity contribution in [2.45, 2.75) is 25.2 Å². The van der Waals surface area contributed by atoms with Crippen molar-refractivity contribution < 1.29 is 0 Å². The van der Waals surface area contributed by atoms with Crippen LogP contribution in [-0.2, 0) is 7.05 Å². The Bertz CT molecular complexity index is 655. The summed E-state index contributed by atoms with van der Waals surface area (Å²) in [5, 5.41) is 2.90. The van der Waals surface area contributed by atoms with Crippen LogP contribution in [0.2, 0.25) is 0 Å². The zero-order valence-corrected chi connectivity index (χ0v) is 10.2. The molecule has 2 unspecified atom stereocenters. The summed E-state index contributed by atoms with van der Waals surface area (Å²) in [6.45, 7) is 0. The van der Waals surface area contributed by atoms with Gasteiger partial charge in [-0.25, -0.2) is 0 Å². The SMILES string of the molecule is Cn1c2c(c3c1=CC=CCC=3)C1CC1CC=C2. The molecule has 1 aromatic rings. The number of aromatic nitrogens is 1. The van der Waals surface area contributed by atoms with Gasteiger partial charge in [0.1, 0.15) is 0 Å². The van der Waals surface area contributed by atoms with Gasteiger partial charge in [-0.15, -0.1) is 0 Å². The maximum atomic E-state index is 2.41. The fourth-order valence-electron chi connectivity index (χ4n) is 3.41. The normalized spacial score (nSPS) is 28.1. The van der Waals surface area contributed by atoms with Gasteiger partial charge in [0.15, 0.2) is 0 Å². The van der Waals surface area contributed by atoms with E-state index in [2.05, 4.69) is 48.1 Å². The van der Waals surface area contributed by atoms with Gasteiger partial charge in [-0.3, -0.25) is 0 Å². The molecular formula is C16H17N. The third-order valence-electron chi connectivity index (χ3n) is 4.42. The first-order chi connectivity index (χ1) is 8.36. The van der Waals surface area contributed by atoms with Gasteiger partial charge < -0.3 is 4.57 Å². The summed E-state index contributed by atoms with van der Waals surface area (Å²) in [5.74, 6) is 1.75. The molecule has 2 atom stereocenters. The van der Waals surface area contributed by atoms with E-state index in [9.17, 15) is 0 Å². The summed E-state index contributed by atoms with van der Waals surface area (Å²) < 4.78 is 2.37. The Morgan fingerprint density at radius 3 is 3.18 bits per heavy atom. The Hall–Kier alpha value is -1.50. The highest BCUT2D eigenvalue weighted by Crippen LogP contribution is 2.51. The Balaban J connectivity index is 2.12. The predicted molar refractivity (Wildman–Crippen MR) is 71.8 cm³/mol. The maximum Gasteiger partial charge on any atom is 0.0482 e. The largest absolute Gasteiger partial charge is 0.344 e. The van der Waals surface area contributed by atoms with E-state index in [1.54, 1.807) is 5.56 Å². The third kappa shape index (κ3) is 1.25. The molecule has 0 aliphatic heterocycles. The minimum Gasteiger partial charge on any atom is -0.344 e. The van der Waals surface area contributed by atoms with Gasteiger partial charge in [0.2, 0.25) is 0 Å². The highest BCUT2D eigenvalue weighted by molar-refractivity contribution is 5.59. The highest BCUT2D eigenvalue weighted by atomic mass is 14.9. The van der Waals surface area contributed by atoms with E-state index in [0.29, 0.717) is 0 Å². The molecule has 0 amide bonds. The Labute approximate surface area is 101 Å². The summed E-state index contributed by atoms with van der Waals surface area (Å²) in [6, 6.07) is 0. The van der Waals surface area contributed by atoms with E-state index in [-0.39, 0.29) is 0 Å². The second-order valence-corrected chi connectivity index (χ2v) is 5.43. The van der Waals surface area contributed by atoms with E-state index in [1.165, 1.54) is 29.1 Å². The zero-order valence-electron chi connectivity index (χ0n) is 10.2. The molecule has 0 N–H and O–H groups in total. The molecule has 86 valence electrons. The molecule has 0 spiro atoms. The van der Waals surface area contributed by atoms with Crippen molar-refractivity contribution in [3.05, 3.63) is 40.1 Å². The minimum absolute atomic E-state index is 0.831. The zero-order chi connectivity index (χ0) is 11.4. The van der Waals surface area contributed by atoms with E-state index in [1.807, 2.05) is 0 Å². The van der Waals surface area contributed by atoms with E-state index in [0.717, 1.165) is 18.3 Å². The van der Waals surface area contributed by atoms with Crippen molar-refractivity contribution in [1.82, 2.24) is 4.57 Å². The van der Waals surface area contributed by atoms with Crippen LogP contribution in [0.15, 0.2) is 18.2 Å². The lowest BCUT2D eigenvalue weighted by atomic mass is 10.1. The first-order valence-electron chi connectivity index (χ1n) is 6.58. The van der Waals surface area contributed by atoms with Crippen LogP contribution in [0.25, 0.3) is 18.2 Å². The van der Waals surface area contributed by atoms with Gasteiger partial charge in [0.05, 0.1) is 0 Å². The van der Waals surface area contributed by atoms with E-state index >= 15 is 0 Å². The number of hydrogen-bond donors (Lipinski definition) is 0. The summed E-state index contributed by atoms with van der Waals surface area (Å²) in [4.78, 5) is 0. The first-order valence-corrected chi connectivity index (χ1v) is 6.58. The molecule has 0 saturated heterocycles. The fourth-order valence-corrected chi connectivity index (χ4v) is 3.41. The van der Waals surface area contributed by atoms with E-state index in [4.69, 9.17) is 0 Å². The van der Waals surface area contributed by atoms with Crippen LogP contribution in [0.1, 0.15) is 36.4 Å². The van der Waals surface area contributed by atoms with Crippen molar-refractivity contribution >= 4 is 18.2 Å². The lowest BCUT2D eigenvalue weighted by Gasteiger charge is -2.00. The van der Waals surface area contributed by atoms with Crippen LogP contribution in [0.4, 0.5) is 0 Å².